The molecule has 0 aliphatic rings. The first-order valence-electron chi connectivity index (χ1n) is 13.4. The Morgan fingerprint density at radius 3 is 1.41 bits per heavy atom. The Morgan fingerprint density at radius 1 is 0.439 bits per heavy atom. The van der Waals surface area contributed by atoms with Gasteiger partial charge in [-0.3, -0.25) is 0 Å². The van der Waals surface area contributed by atoms with Crippen molar-refractivity contribution in [3.8, 4) is 11.5 Å². The first-order valence-corrected chi connectivity index (χ1v) is 13.4. The Bertz CT molecular complexity index is 2160. The minimum absolute atomic E-state index is 0.430. The van der Waals surface area contributed by atoms with Crippen LogP contribution in [0.4, 0.5) is 0 Å². The van der Waals surface area contributed by atoms with E-state index in [1.54, 1.807) is 12.1 Å². The van der Waals surface area contributed by atoms with Crippen LogP contribution in [0.2, 0.25) is 0 Å². The molecule has 0 bridgehead atoms. The number of esters is 2. The Morgan fingerprint density at radius 2 is 0.878 bits per heavy atom. The van der Waals surface area contributed by atoms with Crippen molar-refractivity contribution < 1.29 is 19.1 Å². The molecular formula is C37H24O4. The highest BCUT2D eigenvalue weighted by Crippen LogP contribution is 2.43. The third-order valence-corrected chi connectivity index (χ3v) is 7.44. The Labute approximate surface area is 236 Å². The molecule has 7 aromatic rings. The van der Waals surface area contributed by atoms with E-state index in [-0.39, 0.29) is 0 Å². The van der Waals surface area contributed by atoms with Crippen molar-refractivity contribution in [1.29, 1.82) is 0 Å². The molecule has 0 fully saturated rings. The molecule has 0 atom stereocenters. The fraction of sp³-hybridized carbons (Fsp3) is 0.0270. The molecule has 0 heterocycles. The van der Waals surface area contributed by atoms with Crippen LogP contribution < -0.4 is 9.47 Å². The van der Waals surface area contributed by atoms with Gasteiger partial charge in [0, 0.05) is 21.5 Å². The summed E-state index contributed by atoms with van der Waals surface area (Å²) in [6.45, 7) is 1.98. The molecule has 7 rings (SSSR count). The third-order valence-electron chi connectivity index (χ3n) is 7.44. The monoisotopic (exact) mass is 532 g/mol. The van der Waals surface area contributed by atoms with E-state index in [1.807, 2.05) is 122 Å². The van der Waals surface area contributed by atoms with Crippen LogP contribution in [-0.4, -0.2) is 11.9 Å². The van der Waals surface area contributed by atoms with Crippen LogP contribution in [0.15, 0.2) is 127 Å². The summed E-state index contributed by atoms with van der Waals surface area (Å²) in [5.74, 6) is -0.0458. The molecule has 0 aliphatic carbocycles. The Balaban J connectivity index is 1.34. The molecule has 196 valence electrons. The zero-order chi connectivity index (χ0) is 27.9. The van der Waals surface area contributed by atoms with Crippen molar-refractivity contribution in [2.45, 2.75) is 6.92 Å². The number of aryl methyl sites for hydroxylation is 1. The first kappa shape index (κ1) is 24.6. The topological polar surface area (TPSA) is 52.6 Å². The molecule has 0 amide bonds. The van der Waals surface area contributed by atoms with E-state index in [9.17, 15) is 9.59 Å². The van der Waals surface area contributed by atoms with Gasteiger partial charge in [0.2, 0.25) is 0 Å². The van der Waals surface area contributed by atoms with Crippen LogP contribution in [0.1, 0.15) is 26.3 Å². The number of carbonyl (C=O) groups excluding carboxylic acids is 2. The van der Waals surface area contributed by atoms with E-state index in [1.165, 1.54) is 0 Å². The molecular weight excluding hydrogens is 508 g/mol. The maximum atomic E-state index is 13.5. The van der Waals surface area contributed by atoms with Crippen LogP contribution in [0.3, 0.4) is 0 Å². The molecule has 4 heteroatoms. The van der Waals surface area contributed by atoms with Crippen LogP contribution >= 0.6 is 0 Å². The number of ether oxygens (including phenoxy) is 2. The molecule has 7 aromatic carbocycles. The van der Waals surface area contributed by atoms with Crippen LogP contribution in [-0.2, 0) is 0 Å². The van der Waals surface area contributed by atoms with Gasteiger partial charge in [0.25, 0.3) is 0 Å². The molecule has 0 saturated heterocycles. The van der Waals surface area contributed by atoms with E-state index in [0.717, 1.165) is 27.1 Å². The Hall–Kier alpha value is -5.48. The largest absolute Gasteiger partial charge is 0.422 e. The smallest absolute Gasteiger partial charge is 0.343 e. The number of rotatable bonds is 4. The third kappa shape index (κ3) is 4.46. The van der Waals surface area contributed by atoms with Gasteiger partial charge in [-0.15, -0.1) is 0 Å². The second-order valence-corrected chi connectivity index (χ2v) is 10.2. The summed E-state index contributed by atoms with van der Waals surface area (Å²) in [7, 11) is 0. The number of benzene rings is 7. The van der Waals surface area contributed by atoms with Crippen molar-refractivity contribution in [3.05, 3.63) is 144 Å². The lowest BCUT2D eigenvalue weighted by molar-refractivity contribution is 0.0726. The molecule has 41 heavy (non-hydrogen) atoms. The maximum absolute atomic E-state index is 13.5. The molecule has 0 unspecified atom stereocenters. The van der Waals surface area contributed by atoms with Crippen molar-refractivity contribution in [2.24, 2.45) is 0 Å². The average molecular weight is 533 g/mol. The van der Waals surface area contributed by atoms with Gasteiger partial charge in [0.15, 0.2) is 0 Å². The lowest BCUT2D eigenvalue weighted by Crippen LogP contribution is -2.11. The van der Waals surface area contributed by atoms with Gasteiger partial charge >= 0.3 is 11.9 Å². The summed E-state index contributed by atoms with van der Waals surface area (Å²) in [6, 6.07) is 40.2. The fourth-order valence-corrected chi connectivity index (χ4v) is 5.37. The zero-order valence-corrected chi connectivity index (χ0v) is 22.3. The van der Waals surface area contributed by atoms with Gasteiger partial charge in [0.1, 0.15) is 11.5 Å². The quantitative estimate of drug-likeness (QED) is 0.129. The van der Waals surface area contributed by atoms with Crippen LogP contribution in [0, 0.1) is 6.92 Å². The SMILES string of the molecule is Cc1ccc2c(OC(=O)c3ccc4ccccc4c3)c3ccccc3c(OC(=O)c3ccc4ccccc4c3)c2c1. The second-order valence-electron chi connectivity index (χ2n) is 10.2. The summed E-state index contributed by atoms with van der Waals surface area (Å²) < 4.78 is 12.3. The summed E-state index contributed by atoms with van der Waals surface area (Å²) in [5.41, 5.74) is 1.91. The zero-order valence-electron chi connectivity index (χ0n) is 22.3. The number of hydrogen-bond donors (Lipinski definition) is 0. The number of fused-ring (bicyclic) bond motifs is 4. The van der Waals surface area contributed by atoms with Crippen molar-refractivity contribution in [3.63, 3.8) is 0 Å². The normalized spacial score (nSPS) is 11.2. The maximum Gasteiger partial charge on any atom is 0.343 e. The molecule has 0 radical (unpaired) electrons. The highest BCUT2D eigenvalue weighted by molar-refractivity contribution is 6.14. The summed E-state index contributed by atoms with van der Waals surface area (Å²) in [4.78, 5) is 26.9. The molecule has 0 spiro atoms. The van der Waals surface area contributed by atoms with Gasteiger partial charge in [-0.1, -0.05) is 103 Å². The summed E-state index contributed by atoms with van der Waals surface area (Å²) >= 11 is 0. The summed E-state index contributed by atoms with van der Waals surface area (Å²) in [5, 5.41) is 6.76. The minimum Gasteiger partial charge on any atom is -0.422 e. The standard InChI is InChI=1S/C37H24O4/c1-23-14-19-32-33(20-23)35(41-37(39)29-18-16-25-9-3-5-11-27(25)22-29)31-13-7-6-12-30(31)34(32)40-36(38)28-17-15-24-8-2-4-10-26(24)21-28/h2-22H,1H3. The molecule has 4 nitrogen and oxygen atoms in total. The van der Waals surface area contributed by atoms with Gasteiger partial charge in [-0.25, -0.2) is 9.59 Å². The summed E-state index contributed by atoms with van der Waals surface area (Å²) in [6.07, 6.45) is 0. The van der Waals surface area contributed by atoms with Gasteiger partial charge in [0.05, 0.1) is 11.1 Å². The van der Waals surface area contributed by atoms with E-state index < -0.39 is 11.9 Å². The molecule has 0 N–H and O–H groups in total. The van der Waals surface area contributed by atoms with Crippen molar-refractivity contribution in [2.75, 3.05) is 0 Å². The highest BCUT2D eigenvalue weighted by atomic mass is 16.5. The lowest BCUT2D eigenvalue weighted by atomic mass is 9.99. The van der Waals surface area contributed by atoms with Gasteiger partial charge in [-0.2, -0.15) is 0 Å². The average Bonchev–Trinajstić information content (AvgIpc) is 3.01. The van der Waals surface area contributed by atoms with Crippen LogP contribution in [0.5, 0.6) is 11.5 Å². The molecule has 0 aliphatic heterocycles. The van der Waals surface area contributed by atoms with E-state index in [0.29, 0.717) is 44.2 Å². The highest BCUT2D eigenvalue weighted by Gasteiger charge is 2.22. The van der Waals surface area contributed by atoms with Crippen molar-refractivity contribution >= 4 is 55.0 Å². The number of carbonyl (C=O) groups is 2. The van der Waals surface area contributed by atoms with E-state index in [4.69, 9.17) is 9.47 Å². The fourth-order valence-electron chi connectivity index (χ4n) is 5.37. The Kier molecular flexibility index (Phi) is 5.94. The lowest BCUT2D eigenvalue weighted by Gasteiger charge is -2.17. The first-order chi connectivity index (χ1) is 20.0. The van der Waals surface area contributed by atoms with E-state index in [2.05, 4.69) is 0 Å². The van der Waals surface area contributed by atoms with Gasteiger partial charge in [-0.05, 0) is 58.8 Å². The predicted octanol–water partition coefficient (Wildman–Crippen LogP) is 9.05. The number of hydrogen-bond acceptors (Lipinski definition) is 4. The van der Waals surface area contributed by atoms with Crippen LogP contribution in [0.25, 0.3) is 43.1 Å². The van der Waals surface area contributed by atoms with E-state index >= 15 is 0 Å². The molecule has 0 aromatic heterocycles. The van der Waals surface area contributed by atoms with Gasteiger partial charge < -0.3 is 9.47 Å². The minimum atomic E-state index is -0.455. The predicted molar refractivity (Wildman–Crippen MR) is 164 cm³/mol. The van der Waals surface area contributed by atoms with Crippen molar-refractivity contribution in [1.82, 2.24) is 0 Å². The molecule has 0 saturated carbocycles. The second kappa shape index (κ2) is 9.92.